The number of aromatic hydroxyl groups is 1. The first kappa shape index (κ1) is 53.0. The van der Waals surface area contributed by atoms with Gasteiger partial charge in [-0.15, -0.1) is 22.7 Å². The van der Waals surface area contributed by atoms with Gasteiger partial charge in [0.05, 0.1) is 46.6 Å². The number of thiophene rings is 2. The van der Waals surface area contributed by atoms with Gasteiger partial charge in [-0.05, 0) is 127 Å². The van der Waals surface area contributed by atoms with Crippen molar-refractivity contribution in [1.82, 2.24) is 39.7 Å². The Kier molecular flexibility index (Phi) is 15.4. The second-order valence-corrected chi connectivity index (χ2v) is 22.3. The molecule has 0 saturated carbocycles. The molecule has 8 aromatic heterocycles. The lowest BCUT2D eigenvalue weighted by molar-refractivity contribution is -0.129. The number of halogens is 3. The number of phenolic OH excluding ortho intramolecular Hbond substituents is 1. The molecular formula is C60H45Cl3N10O6S2. The molecule has 2 aliphatic rings. The number of ether oxygens (including phenoxy) is 1. The van der Waals surface area contributed by atoms with Crippen LogP contribution in [0.4, 0.5) is 23.4 Å². The number of aromatic nitrogens is 6. The van der Waals surface area contributed by atoms with E-state index in [1.54, 1.807) is 83.6 Å². The SMILES string of the molecule is O=C1CCCN1Cc1ccc(-c2cc3nccc(Cl)c3s2)nc1.O=C1CCCN1Cc1ccc(-c2cc3nccc(Oc4ccc5oc(Nc6ccc(Cl)cc6)nc5c4)c3s2)nc1.Oc1ccc2oc(Nc3ccc(Cl)cc3)nc2c1. The molecule has 10 heterocycles. The van der Waals surface area contributed by atoms with Crippen molar-refractivity contribution < 1.29 is 28.3 Å². The summed E-state index contributed by atoms with van der Waals surface area (Å²) in [6.45, 7) is 2.91. The van der Waals surface area contributed by atoms with Crippen LogP contribution in [0.3, 0.4) is 0 Å². The molecule has 0 spiro atoms. The van der Waals surface area contributed by atoms with Gasteiger partial charge >= 0.3 is 0 Å². The maximum absolute atomic E-state index is 11.9. The van der Waals surface area contributed by atoms with Gasteiger partial charge in [-0.25, -0.2) is 0 Å². The zero-order chi connectivity index (χ0) is 55.4. The molecule has 14 rings (SSSR count). The highest BCUT2D eigenvalue weighted by molar-refractivity contribution is 7.23. The Labute approximate surface area is 485 Å². The van der Waals surface area contributed by atoms with Gasteiger partial charge in [0.15, 0.2) is 11.2 Å². The van der Waals surface area contributed by atoms with Gasteiger partial charge in [0.25, 0.3) is 12.0 Å². The van der Waals surface area contributed by atoms with Crippen LogP contribution in [0.1, 0.15) is 36.8 Å². The number of likely N-dealkylation sites (tertiary alicyclic amines) is 2. The summed E-state index contributed by atoms with van der Waals surface area (Å²) in [7, 11) is 0. The molecule has 0 radical (unpaired) electrons. The van der Waals surface area contributed by atoms with Crippen LogP contribution in [0, 0.1) is 0 Å². The fraction of sp³-hybridized carbons (Fsp3) is 0.133. The van der Waals surface area contributed by atoms with Crippen LogP contribution in [-0.4, -0.2) is 69.7 Å². The number of hydrogen-bond donors (Lipinski definition) is 3. The van der Waals surface area contributed by atoms with Gasteiger partial charge in [-0.1, -0.05) is 46.9 Å². The monoisotopic (exact) mass is 1170 g/mol. The Morgan fingerprint density at radius 2 is 1.07 bits per heavy atom. The molecule has 3 N–H and O–H groups in total. The number of phenols is 1. The number of rotatable bonds is 12. The van der Waals surface area contributed by atoms with Gasteiger partial charge in [-0.3, -0.25) is 29.5 Å². The quantitative estimate of drug-likeness (QED) is 0.104. The summed E-state index contributed by atoms with van der Waals surface area (Å²) in [4.78, 5) is 56.3. The number of nitrogens with zero attached hydrogens (tertiary/aromatic N) is 8. The first-order valence-corrected chi connectivity index (χ1v) is 28.4. The number of benzene rings is 4. The topological polar surface area (TPSA) is 198 Å². The van der Waals surface area contributed by atoms with E-state index in [1.165, 1.54) is 0 Å². The van der Waals surface area contributed by atoms with E-state index in [1.807, 2.05) is 107 Å². The summed E-state index contributed by atoms with van der Waals surface area (Å²) in [5.41, 5.74) is 9.76. The molecule has 2 saturated heterocycles. The van der Waals surface area contributed by atoms with Gasteiger partial charge in [0, 0.05) is 103 Å². The van der Waals surface area contributed by atoms with E-state index in [2.05, 4.69) is 40.5 Å². The molecule has 2 fully saturated rings. The normalized spacial score (nSPS) is 13.2. The van der Waals surface area contributed by atoms with Crippen LogP contribution < -0.4 is 15.4 Å². The molecule has 12 aromatic rings. The van der Waals surface area contributed by atoms with Crippen LogP contribution in [0.15, 0.2) is 167 Å². The molecular weight excluding hydrogens is 1130 g/mol. The Morgan fingerprint density at radius 3 is 1.59 bits per heavy atom. The van der Waals surface area contributed by atoms with Crippen LogP contribution >= 0.6 is 57.5 Å². The predicted molar refractivity (Wildman–Crippen MR) is 319 cm³/mol. The van der Waals surface area contributed by atoms with Crippen LogP contribution in [-0.2, 0) is 22.7 Å². The number of anilines is 4. The van der Waals surface area contributed by atoms with Crippen molar-refractivity contribution in [2.45, 2.75) is 38.8 Å². The molecule has 81 heavy (non-hydrogen) atoms. The number of hydrogen-bond acceptors (Lipinski definition) is 16. The average molecular weight is 1170 g/mol. The standard InChI is InChI=1S/C30H22ClN5O3S.C17H14ClN3OS.C13H9ClN2O2/c31-19-4-6-20(7-5-19)34-30-35-23-14-21(8-10-25(23)39-30)38-26-11-12-32-24-15-27(40-29(24)26)22-9-3-18(16-33-22)17-36-13-1-2-28(36)37;18-12-5-6-19-14-8-15(23-17(12)14)13-4-3-11(9-20-13)10-21-7-1-2-16(21)22;14-8-1-3-9(4-2-8)15-13-16-11-7-10(17)5-6-12(11)18-13/h3-12,14-16H,1-2,13,17H2,(H,34,35);3-6,8-9H,1-2,7,10H2;1-7,17H,(H,15,16). The first-order valence-electron chi connectivity index (χ1n) is 25.6. The van der Waals surface area contributed by atoms with Crippen molar-refractivity contribution in [2.24, 2.45) is 0 Å². The minimum Gasteiger partial charge on any atom is -0.508 e. The van der Waals surface area contributed by atoms with E-state index in [9.17, 15) is 14.7 Å². The molecule has 0 bridgehead atoms. The third kappa shape index (κ3) is 12.6. The summed E-state index contributed by atoms with van der Waals surface area (Å²) < 4.78 is 19.5. The molecule has 16 nitrogen and oxygen atoms in total. The third-order valence-electron chi connectivity index (χ3n) is 13.1. The van der Waals surface area contributed by atoms with E-state index in [4.69, 9.17) is 48.4 Å². The highest BCUT2D eigenvalue weighted by Gasteiger charge is 2.22. The van der Waals surface area contributed by atoms with Crippen molar-refractivity contribution >= 4 is 135 Å². The number of amides is 2. The minimum atomic E-state index is 0.161. The molecule has 0 unspecified atom stereocenters. The lowest BCUT2D eigenvalue weighted by Crippen LogP contribution is -2.23. The van der Waals surface area contributed by atoms with Crippen molar-refractivity contribution in [3.63, 3.8) is 0 Å². The largest absolute Gasteiger partial charge is 0.508 e. The molecule has 2 aliphatic heterocycles. The van der Waals surface area contributed by atoms with E-state index < -0.39 is 0 Å². The van der Waals surface area contributed by atoms with Crippen molar-refractivity contribution in [3.8, 4) is 38.4 Å². The molecule has 2 amide bonds. The van der Waals surface area contributed by atoms with Crippen molar-refractivity contribution in [1.29, 1.82) is 0 Å². The van der Waals surface area contributed by atoms with Crippen LogP contribution in [0.2, 0.25) is 15.1 Å². The summed E-state index contributed by atoms with van der Waals surface area (Å²) in [5.74, 6) is 1.95. The maximum atomic E-state index is 11.9. The van der Waals surface area contributed by atoms with Gasteiger partial charge in [0.2, 0.25) is 11.8 Å². The Morgan fingerprint density at radius 1 is 0.556 bits per heavy atom. The number of carbonyl (C=O) groups excluding carboxylic acids is 2. The number of fused-ring (bicyclic) bond motifs is 4. The molecule has 0 atom stereocenters. The van der Waals surface area contributed by atoms with Crippen LogP contribution in [0.5, 0.6) is 17.2 Å². The zero-order valence-corrected chi connectivity index (χ0v) is 46.6. The van der Waals surface area contributed by atoms with E-state index in [0.717, 1.165) is 95.0 Å². The predicted octanol–water partition coefficient (Wildman–Crippen LogP) is 15.9. The lowest BCUT2D eigenvalue weighted by Gasteiger charge is -2.15. The molecule has 0 aliphatic carbocycles. The maximum Gasteiger partial charge on any atom is 0.300 e. The summed E-state index contributed by atoms with van der Waals surface area (Å²) >= 11 is 21.1. The minimum absolute atomic E-state index is 0.161. The molecule has 4 aromatic carbocycles. The van der Waals surface area contributed by atoms with Gasteiger partial charge < -0.3 is 39.1 Å². The third-order valence-corrected chi connectivity index (χ3v) is 16.4. The average Bonchev–Trinajstić information content (AvgIpc) is 4.50. The van der Waals surface area contributed by atoms with E-state index in [-0.39, 0.29) is 17.6 Å². The number of carbonyl (C=O) groups is 2. The van der Waals surface area contributed by atoms with Crippen LogP contribution in [0.25, 0.3) is 63.8 Å². The summed E-state index contributed by atoms with van der Waals surface area (Å²) in [5, 5.41) is 17.6. The number of nitrogens with one attached hydrogen (secondary N) is 2. The second kappa shape index (κ2) is 23.6. The molecule has 21 heteroatoms. The zero-order valence-electron chi connectivity index (χ0n) is 42.7. The Hall–Kier alpha value is -8.65. The summed E-state index contributed by atoms with van der Waals surface area (Å²) in [6, 6.07) is 41.3. The van der Waals surface area contributed by atoms with Crippen molar-refractivity contribution in [2.75, 3.05) is 23.7 Å². The second-order valence-electron chi connectivity index (χ2n) is 18.9. The lowest BCUT2D eigenvalue weighted by atomic mass is 10.2. The smallest absolute Gasteiger partial charge is 0.300 e. The van der Waals surface area contributed by atoms with E-state index in [0.29, 0.717) is 81.7 Å². The Bertz CT molecular complexity index is 4230. The number of oxazole rings is 2. The van der Waals surface area contributed by atoms with Crippen molar-refractivity contribution in [3.05, 3.63) is 184 Å². The van der Waals surface area contributed by atoms with Gasteiger partial charge in [-0.2, -0.15) is 9.97 Å². The fourth-order valence-electron chi connectivity index (χ4n) is 9.10. The first-order chi connectivity index (χ1) is 39.5. The summed E-state index contributed by atoms with van der Waals surface area (Å²) in [6.07, 6.45) is 10.3. The fourth-order valence-corrected chi connectivity index (χ4v) is 11.7. The van der Waals surface area contributed by atoms with E-state index >= 15 is 0 Å². The highest BCUT2D eigenvalue weighted by atomic mass is 35.5. The van der Waals surface area contributed by atoms with Gasteiger partial charge in [0.1, 0.15) is 28.3 Å². The Balaban J connectivity index is 0.000000134. The highest BCUT2D eigenvalue weighted by Crippen LogP contribution is 2.40. The number of pyridine rings is 4. The molecule has 404 valence electrons.